The molecule has 1 aliphatic heterocycles. The Morgan fingerprint density at radius 2 is 1.92 bits per heavy atom. The van der Waals surface area contributed by atoms with Gasteiger partial charge in [-0.25, -0.2) is 9.97 Å². The summed E-state index contributed by atoms with van der Waals surface area (Å²) in [5.41, 5.74) is 3.44. The first-order chi connectivity index (χ1) is 18.1. The zero-order valence-corrected chi connectivity index (χ0v) is 20.3. The third kappa shape index (κ3) is 5.58. The number of hydrogen-bond acceptors (Lipinski definition) is 7. The van der Waals surface area contributed by atoms with Crippen LogP contribution in [0.15, 0.2) is 66.9 Å². The summed E-state index contributed by atoms with van der Waals surface area (Å²) in [7, 11) is 0. The molecule has 5 rings (SSSR count). The van der Waals surface area contributed by atoms with E-state index in [1.54, 1.807) is 35.1 Å². The Labute approximate surface area is 213 Å². The normalized spacial score (nSPS) is 12.4. The Kier molecular flexibility index (Phi) is 7.07. The second-order valence-corrected chi connectivity index (χ2v) is 8.30. The summed E-state index contributed by atoms with van der Waals surface area (Å²) in [5.74, 6) is 1.03. The first kappa shape index (κ1) is 24.0. The molecule has 2 aromatic heterocycles. The van der Waals surface area contributed by atoms with Gasteiger partial charge in [0.2, 0.25) is 0 Å². The number of fused-ring (bicyclic) bond motifs is 1. The van der Waals surface area contributed by atoms with E-state index in [1.807, 2.05) is 43.3 Å². The summed E-state index contributed by atoms with van der Waals surface area (Å²) in [6, 6.07) is 18.5. The highest BCUT2D eigenvalue weighted by Crippen LogP contribution is 2.32. The van der Waals surface area contributed by atoms with Crippen LogP contribution in [0.4, 0.5) is 0 Å². The van der Waals surface area contributed by atoms with Crippen LogP contribution in [-0.2, 0) is 17.9 Å². The van der Waals surface area contributed by atoms with Gasteiger partial charge < -0.3 is 20.1 Å². The molecular weight excluding hydrogens is 472 g/mol. The van der Waals surface area contributed by atoms with Gasteiger partial charge >= 0.3 is 0 Å². The molecule has 0 aliphatic carbocycles. The molecule has 3 heterocycles. The maximum Gasteiger partial charge on any atom is 0.269 e. The molecule has 0 unspecified atom stereocenters. The fourth-order valence-electron chi connectivity index (χ4n) is 3.93. The van der Waals surface area contributed by atoms with Crippen molar-refractivity contribution in [1.82, 2.24) is 30.4 Å². The number of nitrogens with zero attached hydrogens (tertiary/aromatic N) is 4. The smallest absolute Gasteiger partial charge is 0.269 e. The van der Waals surface area contributed by atoms with Gasteiger partial charge in [0.15, 0.2) is 23.9 Å². The highest BCUT2D eigenvalue weighted by atomic mass is 16.5. The first-order valence-electron chi connectivity index (χ1n) is 12.0. The van der Waals surface area contributed by atoms with Crippen molar-refractivity contribution in [3.63, 3.8) is 0 Å². The molecule has 0 radical (unpaired) electrons. The summed E-state index contributed by atoms with van der Waals surface area (Å²) in [4.78, 5) is 33.4. The van der Waals surface area contributed by atoms with Gasteiger partial charge in [0, 0.05) is 24.8 Å². The van der Waals surface area contributed by atoms with Crippen molar-refractivity contribution in [2.24, 2.45) is 0 Å². The molecule has 0 bridgehead atoms. The molecule has 37 heavy (non-hydrogen) atoms. The van der Waals surface area contributed by atoms with Gasteiger partial charge in [-0.05, 0) is 42.8 Å². The number of aromatic nitrogens is 4. The molecule has 0 saturated carbocycles. The second-order valence-electron chi connectivity index (χ2n) is 8.30. The zero-order valence-electron chi connectivity index (χ0n) is 20.3. The van der Waals surface area contributed by atoms with E-state index in [4.69, 9.17) is 9.47 Å². The average Bonchev–Trinajstić information content (AvgIpc) is 3.38. The molecule has 0 saturated heterocycles. The Bertz CT molecular complexity index is 1420. The van der Waals surface area contributed by atoms with Gasteiger partial charge in [-0.15, -0.1) is 0 Å². The lowest BCUT2D eigenvalue weighted by Gasteiger charge is -2.13. The molecule has 0 fully saturated rings. The Balaban J connectivity index is 1.30. The van der Waals surface area contributed by atoms with Crippen LogP contribution in [0.5, 0.6) is 11.5 Å². The van der Waals surface area contributed by atoms with E-state index in [-0.39, 0.29) is 18.4 Å². The standard InChI is InChI=1S/C27H26N6O4/c1-2-36-24-14-19(8-9-23(24)37-17-25(34)30-16-18-6-4-3-5-7-18)26-28-11-10-20(31-26)21-15-22-27(35)29-12-13-33(22)32-21/h3-11,14-15H,2,12-13,16-17H2,1H3,(H,29,35)(H,30,34). The minimum absolute atomic E-state index is 0.142. The maximum absolute atomic E-state index is 12.3. The van der Waals surface area contributed by atoms with Crippen LogP contribution in [0, 0.1) is 0 Å². The molecule has 0 atom stereocenters. The predicted molar refractivity (Wildman–Crippen MR) is 136 cm³/mol. The van der Waals surface area contributed by atoms with Crippen LogP contribution in [0.1, 0.15) is 23.0 Å². The van der Waals surface area contributed by atoms with Crippen molar-refractivity contribution < 1.29 is 19.1 Å². The summed E-state index contributed by atoms with van der Waals surface area (Å²) < 4.78 is 13.2. The zero-order chi connectivity index (χ0) is 25.6. The molecule has 10 nitrogen and oxygen atoms in total. The van der Waals surface area contributed by atoms with Crippen molar-refractivity contribution in [2.75, 3.05) is 19.8 Å². The van der Waals surface area contributed by atoms with Crippen LogP contribution in [-0.4, -0.2) is 51.3 Å². The minimum Gasteiger partial charge on any atom is -0.490 e. The van der Waals surface area contributed by atoms with Crippen molar-refractivity contribution in [1.29, 1.82) is 0 Å². The molecule has 1 aliphatic rings. The van der Waals surface area contributed by atoms with E-state index in [1.165, 1.54) is 0 Å². The Morgan fingerprint density at radius 3 is 2.73 bits per heavy atom. The van der Waals surface area contributed by atoms with Crippen molar-refractivity contribution in [3.05, 3.63) is 78.1 Å². The largest absolute Gasteiger partial charge is 0.490 e. The van der Waals surface area contributed by atoms with E-state index in [0.717, 1.165) is 5.56 Å². The molecule has 2 N–H and O–H groups in total. The summed E-state index contributed by atoms with van der Waals surface area (Å²) in [6.45, 7) is 3.74. The molecule has 188 valence electrons. The molecule has 2 amide bonds. The fraction of sp³-hybridized carbons (Fsp3) is 0.222. The lowest BCUT2D eigenvalue weighted by atomic mass is 10.1. The van der Waals surface area contributed by atoms with Crippen LogP contribution in [0.2, 0.25) is 0 Å². The number of carbonyl (C=O) groups is 2. The number of benzene rings is 2. The molecular formula is C27H26N6O4. The van der Waals surface area contributed by atoms with E-state index in [0.29, 0.717) is 66.2 Å². The number of amides is 2. The van der Waals surface area contributed by atoms with Gasteiger partial charge in [-0.3, -0.25) is 14.3 Å². The monoisotopic (exact) mass is 498 g/mol. The van der Waals surface area contributed by atoms with Crippen LogP contribution >= 0.6 is 0 Å². The van der Waals surface area contributed by atoms with Crippen LogP contribution < -0.4 is 20.1 Å². The highest BCUT2D eigenvalue weighted by molar-refractivity contribution is 5.94. The number of ether oxygens (including phenoxy) is 2. The van der Waals surface area contributed by atoms with E-state index < -0.39 is 0 Å². The van der Waals surface area contributed by atoms with E-state index in [2.05, 4.69) is 25.7 Å². The molecule has 2 aromatic carbocycles. The predicted octanol–water partition coefficient (Wildman–Crippen LogP) is 2.84. The van der Waals surface area contributed by atoms with Gasteiger partial charge in [-0.2, -0.15) is 5.10 Å². The molecule has 4 aromatic rings. The number of rotatable bonds is 9. The van der Waals surface area contributed by atoms with Crippen molar-refractivity contribution in [2.45, 2.75) is 20.0 Å². The van der Waals surface area contributed by atoms with Crippen molar-refractivity contribution >= 4 is 11.8 Å². The average molecular weight is 499 g/mol. The number of carbonyl (C=O) groups excluding carboxylic acids is 2. The van der Waals surface area contributed by atoms with Gasteiger partial charge in [0.25, 0.3) is 11.8 Å². The second kappa shape index (κ2) is 10.9. The number of hydrogen-bond donors (Lipinski definition) is 2. The first-order valence-corrected chi connectivity index (χ1v) is 12.0. The Morgan fingerprint density at radius 1 is 1.05 bits per heavy atom. The van der Waals surface area contributed by atoms with Gasteiger partial charge in [0.05, 0.1) is 18.8 Å². The summed E-state index contributed by atoms with van der Waals surface area (Å²) in [6.07, 6.45) is 1.65. The third-order valence-corrected chi connectivity index (χ3v) is 5.73. The highest BCUT2D eigenvalue weighted by Gasteiger charge is 2.21. The SMILES string of the molecule is CCOc1cc(-c2nccc(-c3cc4n(n3)CCNC4=O)n2)ccc1OCC(=O)NCc1ccccc1. The summed E-state index contributed by atoms with van der Waals surface area (Å²) in [5, 5.41) is 10.2. The van der Waals surface area contributed by atoms with Crippen molar-refractivity contribution in [3.8, 4) is 34.3 Å². The quantitative estimate of drug-likeness (QED) is 0.364. The van der Waals surface area contributed by atoms with Gasteiger partial charge in [-0.1, -0.05) is 30.3 Å². The van der Waals surface area contributed by atoms with Crippen LogP contribution in [0.25, 0.3) is 22.8 Å². The Hall–Kier alpha value is -4.73. The topological polar surface area (TPSA) is 120 Å². The number of nitrogens with one attached hydrogen (secondary N) is 2. The van der Waals surface area contributed by atoms with E-state index >= 15 is 0 Å². The van der Waals surface area contributed by atoms with Crippen LogP contribution in [0.3, 0.4) is 0 Å². The molecule has 0 spiro atoms. The third-order valence-electron chi connectivity index (χ3n) is 5.73. The lowest BCUT2D eigenvalue weighted by Crippen LogP contribution is -2.35. The lowest BCUT2D eigenvalue weighted by molar-refractivity contribution is -0.123. The molecule has 10 heteroatoms. The maximum atomic E-state index is 12.3. The van der Waals surface area contributed by atoms with E-state index in [9.17, 15) is 9.59 Å². The summed E-state index contributed by atoms with van der Waals surface area (Å²) >= 11 is 0. The fourth-order valence-corrected chi connectivity index (χ4v) is 3.93. The van der Waals surface area contributed by atoms with Gasteiger partial charge in [0.1, 0.15) is 11.4 Å². The minimum atomic E-state index is -0.233.